The minimum atomic E-state index is 0.391. The third-order valence-electron chi connectivity index (χ3n) is 2.91. The molecule has 0 aliphatic carbocycles. The van der Waals surface area contributed by atoms with E-state index >= 15 is 0 Å². The lowest BCUT2D eigenvalue weighted by molar-refractivity contribution is 0.635. The largest absolute Gasteiger partial charge is 0.397 e. The van der Waals surface area contributed by atoms with Gasteiger partial charge in [0.05, 0.1) is 11.4 Å². The van der Waals surface area contributed by atoms with Crippen molar-refractivity contribution in [3.63, 3.8) is 0 Å². The van der Waals surface area contributed by atoms with Crippen LogP contribution in [0.25, 0.3) is 0 Å². The third-order valence-corrected chi connectivity index (χ3v) is 4.45. The first-order valence-corrected chi connectivity index (χ1v) is 6.41. The molecule has 0 radical (unpaired) electrons. The van der Waals surface area contributed by atoms with Crippen LogP contribution in [-0.2, 0) is 0 Å². The first-order chi connectivity index (χ1) is 7.20. The summed E-state index contributed by atoms with van der Waals surface area (Å²) in [6.07, 6.45) is 2.64. The molecule has 1 saturated heterocycles. The van der Waals surface area contributed by atoms with Crippen molar-refractivity contribution in [1.29, 1.82) is 0 Å². The van der Waals surface area contributed by atoms with Crippen LogP contribution in [0.4, 0.5) is 11.4 Å². The summed E-state index contributed by atoms with van der Waals surface area (Å²) in [7, 11) is 0. The first-order valence-electron chi connectivity index (χ1n) is 5.42. The Bertz CT molecular complexity index is 332. The summed E-state index contributed by atoms with van der Waals surface area (Å²) < 4.78 is 0.391. The predicted molar refractivity (Wildman–Crippen MR) is 69.4 cm³/mol. The molecule has 0 spiro atoms. The fourth-order valence-corrected chi connectivity index (χ4v) is 3.16. The number of hydrogen-bond acceptors (Lipinski definition) is 3. The molecule has 2 rings (SSSR count). The van der Waals surface area contributed by atoms with E-state index in [-0.39, 0.29) is 0 Å². The van der Waals surface area contributed by atoms with E-state index in [0.29, 0.717) is 4.75 Å². The van der Waals surface area contributed by atoms with E-state index < -0.39 is 0 Å². The highest BCUT2D eigenvalue weighted by Gasteiger charge is 2.29. The minimum Gasteiger partial charge on any atom is -0.397 e. The standard InChI is InChI=1S/C12H18N2S/c1-12(7-4-8-15-12)9-14-11-6-3-2-5-10(11)13/h2-3,5-6,14H,4,7-9,13H2,1H3. The van der Waals surface area contributed by atoms with Crippen LogP contribution in [-0.4, -0.2) is 17.0 Å². The van der Waals surface area contributed by atoms with Crippen molar-refractivity contribution in [3.8, 4) is 0 Å². The molecule has 0 aromatic heterocycles. The number of thioether (sulfide) groups is 1. The summed E-state index contributed by atoms with van der Waals surface area (Å²) in [6, 6.07) is 7.96. The van der Waals surface area contributed by atoms with E-state index in [9.17, 15) is 0 Å². The van der Waals surface area contributed by atoms with Gasteiger partial charge in [-0.3, -0.25) is 0 Å². The predicted octanol–water partition coefficient (Wildman–Crippen LogP) is 2.97. The van der Waals surface area contributed by atoms with E-state index in [2.05, 4.69) is 24.0 Å². The van der Waals surface area contributed by atoms with Crippen LogP contribution in [0.3, 0.4) is 0 Å². The Hall–Kier alpha value is -0.830. The second-order valence-electron chi connectivity index (χ2n) is 4.34. The average molecular weight is 222 g/mol. The smallest absolute Gasteiger partial charge is 0.0574 e. The van der Waals surface area contributed by atoms with Gasteiger partial charge in [-0.1, -0.05) is 12.1 Å². The Morgan fingerprint density at radius 2 is 2.27 bits per heavy atom. The van der Waals surface area contributed by atoms with Crippen LogP contribution in [0, 0.1) is 0 Å². The van der Waals surface area contributed by atoms with Gasteiger partial charge in [0.2, 0.25) is 0 Å². The maximum atomic E-state index is 5.88. The lowest BCUT2D eigenvalue weighted by atomic mass is 10.1. The zero-order chi connectivity index (χ0) is 10.7. The Kier molecular flexibility index (Phi) is 3.10. The van der Waals surface area contributed by atoms with Crippen molar-refractivity contribution in [2.45, 2.75) is 24.5 Å². The lowest BCUT2D eigenvalue weighted by Gasteiger charge is -2.24. The fraction of sp³-hybridized carbons (Fsp3) is 0.500. The Labute approximate surface area is 95.6 Å². The van der Waals surface area contributed by atoms with Crippen LogP contribution in [0.2, 0.25) is 0 Å². The quantitative estimate of drug-likeness (QED) is 0.772. The highest BCUT2D eigenvalue weighted by Crippen LogP contribution is 2.37. The van der Waals surface area contributed by atoms with Gasteiger partial charge in [-0.15, -0.1) is 0 Å². The summed E-state index contributed by atoms with van der Waals surface area (Å²) in [4.78, 5) is 0. The highest BCUT2D eigenvalue weighted by molar-refractivity contribution is 8.00. The molecule has 3 heteroatoms. The van der Waals surface area contributed by atoms with E-state index in [1.54, 1.807) is 0 Å². The molecule has 1 atom stereocenters. The van der Waals surface area contributed by atoms with Crippen LogP contribution in [0.5, 0.6) is 0 Å². The van der Waals surface area contributed by atoms with Crippen LogP contribution < -0.4 is 11.1 Å². The minimum absolute atomic E-state index is 0.391. The number of benzene rings is 1. The van der Waals surface area contributed by atoms with E-state index in [0.717, 1.165) is 17.9 Å². The van der Waals surface area contributed by atoms with Gasteiger partial charge < -0.3 is 11.1 Å². The van der Waals surface area contributed by atoms with Gasteiger partial charge in [-0.25, -0.2) is 0 Å². The Morgan fingerprint density at radius 3 is 2.93 bits per heavy atom. The van der Waals surface area contributed by atoms with Crippen molar-refractivity contribution in [2.75, 3.05) is 23.3 Å². The Balaban J connectivity index is 1.95. The zero-order valence-corrected chi connectivity index (χ0v) is 9.94. The molecule has 1 aliphatic rings. The number of para-hydroxylation sites is 2. The molecule has 0 bridgehead atoms. The molecule has 0 saturated carbocycles. The number of nitrogen functional groups attached to an aromatic ring is 1. The normalized spacial score (nSPS) is 25.4. The number of anilines is 2. The van der Waals surface area contributed by atoms with Gasteiger partial charge in [-0.2, -0.15) is 11.8 Å². The molecule has 1 aromatic rings. The van der Waals surface area contributed by atoms with Gasteiger partial charge in [0, 0.05) is 11.3 Å². The summed E-state index contributed by atoms with van der Waals surface area (Å²) in [5.41, 5.74) is 7.78. The monoisotopic (exact) mass is 222 g/mol. The number of rotatable bonds is 3. The molecule has 1 unspecified atom stereocenters. The summed E-state index contributed by atoms with van der Waals surface area (Å²) in [5, 5.41) is 3.45. The molecule has 1 fully saturated rings. The first kappa shape index (κ1) is 10.7. The molecule has 3 N–H and O–H groups in total. The van der Waals surface area contributed by atoms with Gasteiger partial charge >= 0.3 is 0 Å². The third kappa shape index (κ3) is 2.59. The highest BCUT2D eigenvalue weighted by atomic mass is 32.2. The maximum absolute atomic E-state index is 5.88. The van der Waals surface area contributed by atoms with Crippen LogP contribution in [0.15, 0.2) is 24.3 Å². The Morgan fingerprint density at radius 1 is 1.47 bits per heavy atom. The van der Waals surface area contributed by atoms with E-state index in [1.807, 2.05) is 24.3 Å². The number of nitrogens with two attached hydrogens (primary N) is 1. The number of nitrogens with one attached hydrogen (secondary N) is 1. The average Bonchev–Trinajstić information content (AvgIpc) is 2.65. The van der Waals surface area contributed by atoms with Gasteiger partial charge in [-0.05, 0) is 37.7 Å². The molecule has 1 heterocycles. The van der Waals surface area contributed by atoms with Gasteiger partial charge in [0.15, 0.2) is 0 Å². The van der Waals surface area contributed by atoms with Crippen molar-refractivity contribution in [3.05, 3.63) is 24.3 Å². The van der Waals surface area contributed by atoms with E-state index in [4.69, 9.17) is 5.73 Å². The van der Waals surface area contributed by atoms with Gasteiger partial charge in [0.25, 0.3) is 0 Å². The van der Waals surface area contributed by atoms with Crippen molar-refractivity contribution in [1.82, 2.24) is 0 Å². The summed E-state index contributed by atoms with van der Waals surface area (Å²) in [6.45, 7) is 3.34. The lowest BCUT2D eigenvalue weighted by Crippen LogP contribution is -2.27. The van der Waals surface area contributed by atoms with Crippen LogP contribution in [0.1, 0.15) is 19.8 Å². The summed E-state index contributed by atoms with van der Waals surface area (Å²) in [5.74, 6) is 1.29. The number of hydrogen-bond donors (Lipinski definition) is 2. The second kappa shape index (κ2) is 4.35. The van der Waals surface area contributed by atoms with Crippen molar-refractivity contribution in [2.24, 2.45) is 0 Å². The molecule has 15 heavy (non-hydrogen) atoms. The SMILES string of the molecule is CC1(CNc2ccccc2N)CCCS1. The zero-order valence-electron chi connectivity index (χ0n) is 9.12. The molecule has 1 aromatic carbocycles. The van der Waals surface area contributed by atoms with Gasteiger partial charge in [0.1, 0.15) is 0 Å². The molecular weight excluding hydrogens is 204 g/mol. The molecule has 1 aliphatic heterocycles. The maximum Gasteiger partial charge on any atom is 0.0574 e. The summed E-state index contributed by atoms with van der Waals surface area (Å²) >= 11 is 2.07. The second-order valence-corrected chi connectivity index (χ2v) is 6.03. The molecule has 0 amide bonds. The fourth-order valence-electron chi connectivity index (χ4n) is 1.92. The van der Waals surface area contributed by atoms with Crippen molar-refractivity contribution < 1.29 is 0 Å². The topological polar surface area (TPSA) is 38.0 Å². The van der Waals surface area contributed by atoms with E-state index in [1.165, 1.54) is 18.6 Å². The molecule has 2 nitrogen and oxygen atoms in total. The van der Waals surface area contributed by atoms with Crippen LogP contribution >= 0.6 is 11.8 Å². The molecule has 82 valence electrons. The van der Waals surface area contributed by atoms with Crippen molar-refractivity contribution >= 4 is 23.1 Å². The molecular formula is C12H18N2S.